The van der Waals surface area contributed by atoms with Crippen molar-refractivity contribution in [2.75, 3.05) is 13.2 Å². The number of rotatable bonds is 2. The van der Waals surface area contributed by atoms with E-state index in [1.165, 1.54) is 25.7 Å². The molecule has 2 heteroatoms. The number of likely N-dealkylation sites (tertiary alicyclic amines) is 1. The molecule has 16 heavy (non-hydrogen) atoms. The molecule has 2 nitrogen and oxygen atoms in total. The summed E-state index contributed by atoms with van der Waals surface area (Å²) in [5, 5.41) is 0. The van der Waals surface area contributed by atoms with E-state index in [1.54, 1.807) is 0 Å². The molecule has 2 aliphatic heterocycles. The summed E-state index contributed by atoms with van der Waals surface area (Å²) in [5.74, 6) is 0.782. The Bertz CT molecular complexity index is 231. The molecular weight excluding hydrogens is 198 g/mol. The van der Waals surface area contributed by atoms with E-state index >= 15 is 0 Å². The van der Waals surface area contributed by atoms with E-state index in [2.05, 4.69) is 32.6 Å². The molecule has 2 heterocycles. The second kappa shape index (κ2) is 4.66. The fourth-order valence-corrected chi connectivity index (χ4v) is 3.88. The van der Waals surface area contributed by atoms with Crippen LogP contribution in [0.5, 0.6) is 0 Å². The summed E-state index contributed by atoms with van der Waals surface area (Å²) in [5.41, 5.74) is 0.474. The zero-order valence-corrected chi connectivity index (χ0v) is 11.3. The molecule has 0 bridgehead atoms. The summed E-state index contributed by atoms with van der Waals surface area (Å²) in [6.07, 6.45) is 5.26. The van der Waals surface area contributed by atoms with Crippen LogP contribution < -0.4 is 0 Å². The van der Waals surface area contributed by atoms with Crippen LogP contribution in [0.1, 0.15) is 53.4 Å². The highest BCUT2D eigenvalue weighted by Crippen LogP contribution is 2.44. The quantitative estimate of drug-likeness (QED) is 0.716. The molecule has 2 rings (SSSR count). The van der Waals surface area contributed by atoms with Crippen molar-refractivity contribution in [2.45, 2.75) is 71.0 Å². The second-order valence-corrected chi connectivity index (χ2v) is 6.19. The van der Waals surface area contributed by atoms with Gasteiger partial charge in [0.1, 0.15) is 0 Å². The zero-order valence-electron chi connectivity index (χ0n) is 11.3. The van der Waals surface area contributed by atoms with E-state index in [1.807, 2.05) is 0 Å². The summed E-state index contributed by atoms with van der Waals surface area (Å²) in [6.45, 7) is 11.4. The van der Waals surface area contributed by atoms with E-state index in [0.717, 1.165) is 25.2 Å². The van der Waals surface area contributed by atoms with Crippen LogP contribution in [-0.2, 0) is 4.74 Å². The van der Waals surface area contributed by atoms with Crippen molar-refractivity contribution in [2.24, 2.45) is 5.92 Å². The lowest BCUT2D eigenvalue weighted by molar-refractivity contribution is -0.0395. The molecule has 0 unspecified atom stereocenters. The fourth-order valence-electron chi connectivity index (χ4n) is 3.88. The van der Waals surface area contributed by atoms with Crippen molar-refractivity contribution in [3.63, 3.8) is 0 Å². The third kappa shape index (κ3) is 2.02. The average molecular weight is 225 g/mol. The Morgan fingerprint density at radius 3 is 2.19 bits per heavy atom. The van der Waals surface area contributed by atoms with E-state index in [0.29, 0.717) is 11.6 Å². The van der Waals surface area contributed by atoms with Gasteiger partial charge in [-0.25, -0.2) is 0 Å². The molecule has 0 radical (unpaired) electrons. The number of ether oxygens (including phenoxy) is 1. The minimum absolute atomic E-state index is 0.474. The highest BCUT2D eigenvalue weighted by molar-refractivity contribution is 5.03. The van der Waals surface area contributed by atoms with Crippen LogP contribution >= 0.6 is 0 Å². The summed E-state index contributed by atoms with van der Waals surface area (Å²) >= 11 is 0. The van der Waals surface area contributed by atoms with Gasteiger partial charge in [-0.1, -0.05) is 13.8 Å². The minimum atomic E-state index is 0.474. The summed E-state index contributed by atoms with van der Waals surface area (Å²) < 4.78 is 5.55. The Morgan fingerprint density at radius 1 is 1.06 bits per heavy atom. The summed E-state index contributed by atoms with van der Waals surface area (Å²) in [7, 11) is 0. The second-order valence-electron chi connectivity index (χ2n) is 6.19. The van der Waals surface area contributed by atoms with Gasteiger partial charge < -0.3 is 4.74 Å². The SMILES string of the molecule is CC(C)[C@@H]1CCC2(CCOCC2)N1C(C)C. The van der Waals surface area contributed by atoms with Crippen LogP contribution in [0, 0.1) is 5.92 Å². The Labute approximate surface area is 100 Å². The topological polar surface area (TPSA) is 12.5 Å². The molecule has 0 N–H and O–H groups in total. The first-order valence-corrected chi connectivity index (χ1v) is 6.93. The lowest BCUT2D eigenvalue weighted by Crippen LogP contribution is -2.54. The zero-order chi connectivity index (χ0) is 11.8. The average Bonchev–Trinajstić information content (AvgIpc) is 2.58. The maximum absolute atomic E-state index is 5.55. The maximum atomic E-state index is 5.55. The van der Waals surface area contributed by atoms with Gasteiger partial charge in [-0.3, -0.25) is 4.90 Å². The third-order valence-corrected chi connectivity index (χ3v) is 4.56. The first-order valence-electron chi connectivity index (χ1n) is 6.93. The number of hydrogen-bond acceptors (Lipinski definition) is 2. The lowest BCUT2D eigenvalue weighted by Gasteiger charge is -2.47. The molecule has 2 saturated heterocycles. The van der Waals surface area contributed by atoms with Gasteiger partial charge in [0.15, 0.2) is 0 Å². The summed E-state index contributed by atoms with van der Waals surface area (Å²) in [4.78, 5) is 2.82. The number of nitrogens with zero attached hydrogens (tertiary/aromatic N) is 1. The Balaban J connectivity index is 2.19. The minimum Gasteiger partial charge on any atom is -0.381 e. The van der Waals surface area contributed by atoms with Crippen molar-refractivity contribution in [3.05, 3.63) is 0 Å². The van der Waals surface area contributed by atoms with Crippen molar-refractivity contribution >= 4 is 0 Å². The highest BCUT2D eigenvalue weighted by atomic mass is 16.5. The normalized spacial score (nSPS) is 30.8. The molecule has 1 spiro atoms. The molecule has 0 aromatic carbocycles. The predicted octanol–water partition coefficient (Wildman–Crippen LogP) is 3.06. The Morgan fingerprint density at radius 2 is 1.69 bits per heavy atom. The van der Waals surface area contributed by atoms with E-state index < -0.39 is 0 Å². The maximum Gasteiger partial charge on any atom is 0.0483 e. The molecule has 0 aliphatic carbocycles. The molecule has 0 aromatic rings. The first-order chi connectivity index (χ1) is 7.57. The Kier molecular flexibility index (Phi) is 3.60. The van der Waals surface area contributed by atoms with Gasteiger partial charge in [-0.05, 0) is 45.4 Å². The van der Waals surface area contributed by atoms with Crippen molar-refractivity contribution < 1.29 is 4.74 Å². The van der Waals surface area contributed by atoms with Crippen LogP contribution in [-0.4, -0.2) is 35.7 Å². The van der Waals surface area contributed by atoms with Gasteiger partial charge in [-0.2, -0.15) is 0 Å². The molecular formula is C14H27NO. The molecule has 0 amide bonds. The van der Waals surface area contributed by atoms with Crippen LogP contribution in [0.2, 0.25) is 0 Å². The van der Waals surface area contributed by atoms with Crippen molar-refractivity contribution in [1.82, 2.24) is 4.90 Å². The molecule has 2 aliphatic rings. The van der Waals surface area contributed by atoms with E-state index in [4.69, 9.17) is 4.74 Å². The number of hydrogen-bond donors (Lipinski definition) is 0. The third-order valence-electron chi connectivity index (χ3n) is 4.56. The highest BCUT2D eigenvalue weighted by Gasteiger charge is 2.48. The van der Waals surface area contributed by atoms with Crippen LogP contribution in [0.15, 0.2) is 0 Å². The van der Waals surface area contributed by atoms with Gasteiger partial charge in [0.05, 0.1) is 0 Å². The summed E-state index contributed by atoms with van der Waals surface area (Å²) in [6, 6.07) is 1.46. The van der Waals surface area contributed by atoms with Gasteiger partial charge >= 0.3 is 0 Å². The van der Waals surface area contributed by atoms with Gasteiger partial charge in [0, 0.05) is 30.8 Å². The van der Waals surface area contributed by atoms with Gasteiger partial charge in [0.2, 0.25) is 0 Å². The largest absolute Gasteiger partial charge is 0.381 e. The monoisotopic (exact) mass is 225 g/mol. The first kappa shape index (κ1) is 12.4. The molecule has 94 valence electrons. The molecule has 1 atom stereocenters. The van der Waals surface area contributed by atoms with Crippen molar-refractivity contribution in [1.29, 1.82) is 0 Å². The molecule has 0 saturated carbocycles. The van der Waals surface area contributed by atoms with E-state index in [-0.39, 0.29) is 0 Å². The van der Waals surface area contributed by atoms with E-state index in [9.17, 15) is 0 Å². The molecule has 0 aromatic heterocycles. The van der Waals surface area contributed by atoms with Crippen LogP contribution in [0.25, 0.3) is 0 Å². The predicted molar refractivity (Wildman–Crippen MR) is 67.6 cm³/mol. The van der Waals surface area contributed by atoms with Gasteiger partial charge in [-0.15, -0.1) is 0 Å². The standard InChI is InChI=1S/C14H27NO/c1-11(2)13-5-6-14(15(13)12(3)4)7-9-16-10-8-14/h11-13H,5-10H2,1-4H3/t13-/m0/s1. The fraction of sp³-hybridized carbons (Fsp3) is 1.00. The van der Waals surface area contributed by atoms with Crippen molar-refractivity contribution in [3.8, 4) is 0 Å². The van der Waals surface area contributed by atoms with Crippen LogP contribution in [0.3, 0.4) is 0 Å². The molecule has 2 fully saturated rings. The lowest BCUT2D eigenvalue weighted by atomic mass is 9.86. The van der Waals surface area contributed by atoms with Crippen LogP contribution in [0.4, 0.5) is 0 Å². The van der Waals surface area contributed by atoms with Gasteiger partial charge in [0.25, 0.3) is 0 Å². The Hall–Kier alpha value is -0.0800. The smallest absolute Gasteiger partial charge is 0.0483 e.